The largest absolute Gasteiger partial charge is 0.416 e. The third kappa shape index (κ3) is 4.70. The molecule has 1 amide bonds. The average molecular weight is 364 g/mol. The lowest BCUT2D eigenvalue weighted by atomic mass is 10.1. The van der Waals surface area contributed by atoms with Crippen molar-refractivity contribution in [3.8, 4) is 0 Å². The van der Waals surface area contributed by atoms with E-state index < -0.39 is 27.8 Å². The van der Waals surface area contributed by atoms with Gasteiger partial charge in [0, 0.05) is 25.6 Å². The van der Waals surface area contributed by atoms with Crippen molar-refractivity contribution in [2.45, 2.75) is 38.5 Å². The normalized spacial score (nSPS) is 19.1. The fourth-order valence-corrected chi connectivity index (χ4v) is 4.05. The van der Waals surface area contributed by atoms with Crippen LogP contribution in [0.15, 0.2) is 24.3 Å². The first-order valence-corrected chi connectivity index (χ1v) is 9.20. The Bertz CT molecular complexity index is 704. The number of halogens is 3. The summed E-state index contributed by atoms with van der Waals surface area (Å²) in [5, 5.41) is 0. The predicted octanol–water partition coefficient (Wildman–Crippen LogP) is 2.14. The standard InChI is InChI=1S/C15H19F3N2O3S/c1-2-7-24(22,23)19-12-8-14(21)20(10-12)9-11-5-3-4-6-13(11)15(16,17)18/h3-6,12,19H,2,7-10H2,1H3/t12-/m1/s1. The summed E-state index contributed by atoms with van der Waals surface area (Å²) < 4.78 is 65.0. The molecule has 1 N–H and O–H groups in total. The van der Waals surface area contributed by atoms with Crippen molar-refractivity contribution in [3.63, 3.8) is 0 Å². The SMILES string of the molecule is CCCS(=O)(=O)N[C@@H]1CC(=O)N(Cc2ccccc2C(F)(F)F)C1. The van der Waals surface area contributed by atoms with Crippen LogP contribution < -0.4 is 4.72 Å². The lowest BCUT2D eigenvalue weighted by Gasteiger charge is -2.20. The number of alkyl halides is 3. The van der Waals surface area contributed by atoms with Crippen LogP contribution in [0.25, 0.3) is 0 Å². The summed E-state index contributed by atoms with van der Waals surface area (Å²) in [6, 6.07) is 4.46. The van der Waals surface area contributed by atoms with Crippen LogP contribution in [0.3, 0.4) is 0 Å². The zero-order valence-electron chi connectivity index (χ0n) is 13.1. The van der Waals surface area contributed by atoms with Crippen molar-refractivity contribution >= 4 is 15.9 Å². The molecule has 1 aromatic rings. The van der Waals surface area contributed by atoms with E-state index in [0.717, 1.165) is 6.07 Å². The van der Waals surface area contributed by atoms with E-state index in [0.29, 0.717) is 6.42 Å². The van der Waals surface area contributed by atoms with Crippen LogP contribution in [0.2, 0.25) is 0 Å². The molecule has 0 saturated carbocycles. The van der Waals surface area contributed by atoms with E-state index in [9.17, 15) is 26.4 Å². The van der Waals surface area contributed by atoms with Gasteiger partial charge in [-0.2, -0.15) is 13.2 Å². The highest BCUT2D eigenvalue weighted by Crippen LogP contribution is 2.32. The van der Waals surface area contributed by atoms with Crippen LogP contribution in [-0.2, 0) is 27.5 Å². The molecule has 0 spiro atoms. The van der Waals surface area contributed by atoms with Crippen LogP contribution in [0.1, 0.15) is 30.9 Å². The van der Waals surface area contributed by atoms with E-state index >= 15 is 0 Å². The molecule has 0 aromatic heterocycles. The van der Waals surface area contributed by atoms with Gasteiger partial charge in [0.2, 0.25) is 15.9 Å². The van der Waals surface area contributed by atoms with Crippen molar-refractivity contribution in [2.75, 3.05) is 12.3 Å². The second-order valence-electron chi connectivity index (χ2n) is 5.77. The molecule has 1 saturated heterocycles. The van der Waals surface area contributed by atoms with E-state index in [-0.39, 0.29) is 36.7 Å². The maximum absolute atomic E-state index is 13.0. The van der Waals surface area contributed by atoms with E-state index in [1.807, 2.05) is 0 Å². The molecular formula is C15H19F3N2O3S. The van der Waals surface area contributed by atoms with Crippen LogP contribution in [0.4, 0.5) is 13.2 Å². The average Bonchev–Trinajstić information content (AvgIpc) is 2.77. The first-order chi connectivity index (χ1) is 11.1. The van der Waals surface area contributed by atoms with Gasteiger partial charge in [-0.3, -0.25) is 4.79 Å². The summed E-state index contributed by atoms with van der Waals surface area (Å²) in [7, 11) is -3.48. The number of likely N-dealkylation sites (tertiary alicyclic amines) is 1. The molecule has 134 valence electrons. The van der Waals surface area contributed by atoms with E-state index in [1.165, 1.54) is 23.1 Å². The van der Waals surface area contributed by atoms with Crippen molar-refractivity contribution in [2.24, 2.45) is 0 Å². The second-order valence-corrected chi connectivity index (χ2v) is 7.64. The molecule has 9 heteroatoms. The molecule has 1 fully saturated rings. The number of rotatable bonds is 6. The molecule has 0 unspecified atom stereocenters. The molecule has 2 rings (SSSR count). The number of nitrogens with one attached hydrogen (secondary N) is 1. The number of hydrogen-bond acceptors (Lipinski definition) is 3. The molecule has 1 atom stereocenters. The number of carbonyl (C=O) groups is 1. The lowest BCUT2D eigenvalue weighted by molar-refractivity contribution is -0.139. The quantitative estimate of drug-likeness (QED) is 0.841. The summed E-state index contributed by atoms with van der Waals surface area (Å²) in [5.41, 5.74) is -0.789. The number of sulfonamides is 1. The highest BCUT2D eigenvalue weighted by Gasteiger charge is 2.36. The van der Waals surface area contributed by atoms with Gasteiger partial charge >= 0.3 is 6.18 Å². The minimum Gasteiger partial charge on any atom is -0.337 e. The smallest absolute Gasteiger partial charge is 0.337 e. The van der Waals surface area contributed by atoms with Gasteiger partial charge in [0.15, 0.2) is 0 Å². The van der Waals surface area contributed by atoms with Gasteiger partial charge < -0.3 is 4.90 Å². The topological polar surface area (TPSA) is 66.5 Å². The molecule has 1 aliphatic heterocycles. The number of carbonyl (C=O) groups excluding carboxylic acids is 1. The highest BCUT2D eigenvalue weighted by molar-refractivity contribution is 7.89. The third-order valence-electron chi connectivity index (χ3n) is 3.72. The van der Waals surface area contributed by atoms with Gasteiger partial charge in [-0.25, -0.2) is 13.1 Å². The number of nitrogens with zero attached hydrogens (tertiary/aromatic N) is 1. The lowest BCUT2D eigenvalue weighted by Crippen LogP contribution is -2.38. The predicted molar refractivity (Wildman–Crippen MR) is 82.5 cm³/mol. The third-order valence-corrected chi connectivity index (χ3v) is 5.36. The van der Waals surface area contributed by atoms with Crippen LogP contribution in [0.5, 0.6) is 0 Å². The molecule has 5 nitrogen and oxygen atoms in total. The molecule has 24 heavy (non-hydrogen) atoms. The maximum Gasteiger partial charge on any atom is 0.416 e. The minimum absolute atomic E-state index is 0.00425. The Morgan fingerprint density at radius 3 is 2.58 bits per heavy atom. The Balaban J connectivity index is 2.09. The van der Waals surface area contributed by atoms with Gasteiger partial charge in [-0.1, -0.05) is 25.1 Å². The Morgan fingerprint density at radius 2 is 1.96 bits per heavy atom. The summed E-state index contributed by atoms with van der Waals surface area (Å²) in [6.45, 7) is 1.59. The summed E-state index contributed by atoms with van der Waals surface area (Å²) in [6.07, 6.45) is -4.10. The Labute approximate surface area is 138 Å². The second kappa shape index (κ2) is 7.10. The van der Waals surface area contributed by atoms with Crippen LogP contribution in [-0.4, -0.2) is 37.6 Å². The van der Waals surface area contributed by atoms with Gasteiger partial charge in [-0.15, -0.1) is 0 Å². The fourth-order valence-electron chi connectivity index (χ4n) is 2.73. The monoisotopic (exact) mass is 364 g/mol. The molecule has 1 aromatic carbocycles. The molecule has 0 bridgehead atoms. The molecule has 0 radical (unpaired) electrons. The molecular weight excluding hydrogens is 345 g/mol. The van der Waals surface area contributed by atoms with Gasteiger partial charge in [0.05, 0.1) is 11.3 Å². The minimum atomic E-state index is -4.50. The van der Waals surface area contributed by atoms with Crippen molar-refractivity contribution in [1.29, 1.82) is 0 Å². The van der Waals surface area contributed by atoms with Gasteiger partial charge in [0.25, 0.3) is 0 Å². The number of amides is 1. The summed E-state index contributed by atoms with van der Waals surface area (Å²) in [4.78, 5) is 13.3. The van der Waals surface area contributed by atoms with Crippen molar-refractivity contribution in [1.82, 2.24) is 9.62 Å². The Kier molecular flexibility index (Phi) is 5.54. The first-order valence-electron chi connectivity index (χ1n) is 7.55. The van der Waals surface area contributed by atoms with E-state index in [4.69, 9.17) is 0 Å². The number of hydrogen-bond donors (Lipinski definition) is 1. The van der Waals surface area contributed by atoms with Gasteiger partial charge in [0.1, 0.15) is 0 Å². The highest BCUT2D eigenvalue weighted by atomic mass is 32.2. The Hall–Kier alpha value is -1.61. The van der Waals surface area contributed by atoms with Crippen molar-refractivity contribution < 1.29 is 26.4 Å². The Morgan fingerprint density at radius 1 is 1.29 bits per heavy atom. The maximum atomic E-state index is 13.0. The van der Waals surface area contributed by atoms with E-state index in [2.05, 4.69) is 4.72 Å². The summed E-state index contributed by atoms with van der Waals surface area (Å²) in [5.74, 6) is -0.412. The zero-order chi connectivity index (χ0) is 18.0. The summed E-state index contributed by atoms with van der Waals surface area (Å²) >= 11 is 0. The fraction of sp³-hybridized carbons (Fsp3) is 0.533. The molecule has 1 aliphatic rings. The van der Waals surface area contributed by atoms with E-state index in [1.54, 1.807) is 6.92 Å². The van der Waals surface area contributed by atoms with Crippen LogP contribution in [0, 0.1) is 0 Å². The molecule has 0 aliphatic carbocycles. The molecule has 1 heterocycles. The van der Waals surface area contributed by atoms with Crippen molar-refractivity contribution in [3.05, 3.63) is 35.4 Å². The van der Waals surface area contributed by atoms with Gasteiger partial charge in [-0.05, 0) is 18.1 Å². The zero-order valence-corrected chi connectivity index (χ0v) is 14.0. The number of benzene rings is 1. The van der Waals surface area contributed by atoms with Crippen LogP contribution >= 0.6 is 0 Å². The first kappa shape index (κ1) is 18.7.